The first-order valence-corrected chi connectivity index (χ1v) is 9.26. The molecule has 0 spiro atoms. The van der Waals surface area contributed by atoms with Crippen molar-refractivity contribution >= 4 is 22.1 Å². The molecule has 0 aliphatic carbocycles. The third-order valence-corrected chi connectivity index (χ3v) is 5.42. The van der Waals surface area contributed by atoms with Gasteiger partial charge < -0.3 is 4.74 Å². The van der Waals surface area contributed by atoms with Crippen molar-refractivity contribution in [2.24, 2.45) is 5.92 Å². The van der Waals surface area contributed by atoms with E-state index in [1.165, 1.54) is 16.6 Å². The van der Waals surface area contributed by atoms with Crippen molar-refractivity contribution in [3.8, 4) is 6.07 Å². The van der Waals surface area contributed by atoms with E-state index in [-0.39, 0.29) is 19.0 Å². The number of piperidine rings is 1. The van der Waals surface area contributed by atoms with E-state index in [0.717, 1.165) is 5.56 Å². The maximum Gasteiger partial charge on any atom is 0.310 e. The van der Waals surface area contributed by atoms with Crippen molar-refractivity contribution in [2.75, 3.05) is 13.1 Å². The second-order valence-electron chi connectivity index (χ2n) is 5.64. The van der Waals surface area contributed by atoms with Gasteiger partial charge >= 0.3 is 5.97 Å². The summed E-state index contributed by atoms with van der Waals surface area (Å²) in [6, 6.07) is 11.0. The van der Waals surface area contributed by atoms with Gasteiger partial charge in [-0.2, -0.15) is 9.57 Å². The predicted octanol–water partition coefficient (Wildman–Crippen LogP) is 2.15. The Hall–Kier alpha value is -2.17. The molecule has 1 fully saturated rings. The monoisotopic (exact) mass is 348 g/mol. The maximum absolute atomic E-state index is 12.3. The van der Waals surface area contributed by atoms with Crippen molar-refractivity contribution in [2.45, 2.75) is 25.9 Å². The molecule has 0 unspecified atom stereocenters. The smallest absolute Gasteiger partial charge is 0.310 e. The van der Waals surface area contributed by atoms with Crippen LogP contribution in [0.5, 0.6) is 0 Å². The summed E-state index contributed by atoms with van der Waals surface area (Å²) < 4.78 is 31.0. The second kappa shape index (κ2) is 8.08. The molecule has 1 aliphatic rings. The minimum atomic E-state index is -3.51. The van der Waals surface area contributed by atoms with Gasteiger partial charge in [0.1, 0.15) is 6.07 Å². The second-order valence-corrected chi connectivity index (χ2v) is 7.46. The van der Waals surface area contributed by atoms with Gasteiger partial charge in [0, 0.05) is 18.5 Å². The molecule has 1 aromatic rings. The summed E-state index contributed by atoms with van der Waals surface area (Å²) in [5.74, 6) is -0.786. The molecule has 1 aromatic carbocycles. The lowest BCUT2D eigenvalue weighted by Gasteiger charge is -2.29. The average Bonchev–Trinajstić information content (AvgIpc) is 2.61. The molecule has 1 aliphatic heterocycles. The van der Waals surface area contributed by atoms with Crippen LogP contribution in [0.3, 0.4) is 0 Å². The first-order chi connectivity index (χ1) is 11.4. The Balaban J connectivity index is 1.92. The van der Waals surface area contributed by atoms with E-state index in [4.69, 9.17) is 10.00 Å². The quantitative estimate of drug-likeness (QED) is 0.761. The molecular weight excluding hydrogens is 328 g/mol. The highest BCUT2D eigenvalue weighted by Crippen LogP contribution is 2.22. The molecule has 6 nitrogen and oxygen atoms in total. The van der Waals surface area contributed by atoms with E-state index in [1.54, 1.807) is 6.08 Å². The number of hydrogen-bond acceptors (Lipinski definition) is 5. The van der Waals surface area contributed by atoms with Crippen molar-refractivity contribution < 1.29 is 17.9 Å². The number of benzene rings is 1. The molecule has 7 heteroatoms. The lowest BCUT2D eigenvalue weighted by Crippen LogP contribution is -2.40. The van der Waals surface area contributed by atoms with Gasteiger partial charge in [-0.1, -0.05) is 30.3 Å². The van der Waals surface area contributed by atoms with E-state index in [1.807, 2.05) is 36.4 Å². The van der Waals surface area contributed by atoms with Crippen LogP contribution in [0, 0.1) is 17.2 Å². The molecule has 0 aromatic heterocycles. The molecule has 128 valence electrons. The Morgan fingerprint density at radius 1 is 1.33 bits per heavy atom. The summed E-state index contributed by atoms with van der Waals surface area (Å²) in [5, 5.41) is 9.85. The van der Waals surface area contributed by atoms with Crippen molar-refractivity contribution in [3.63, 3.8) is 0 Å². The first-order valence-electron chi connectivity index (χ1n) is 7.76. The van der Waals surface area contributed by atoms with E-state index < -0.39 is 22.1 Å². The number of sulfonamides is 1. The van der Waals surface area contributed by atoms with Crippen LogP contribution in [0.25, 0.3) is 6.08 Å². The van der Waals surface area contributed by atoms with E-state index in [0.29, 0.717) is 12.8 Å². The number of esters is 1. The highest BCUT2D eigenvalue weighted by molar-refractivity contribution is 7.92. The van der Waals surface area contributed by atoms with Crippen LogP contribution in [0.2, 0.25) is 0 Å². The number of carbonyl (C=O) groups is 1. The Bertz CT molecular complexity index is 730. The summed E-state index contributed by atoms with van der Waals surface area (Å²) >= 11 is 0. The number of ether oxygens (including phenoxy) is 1. The molecule has 24 heavy (non-hydrogen) atoms. The van der Waals surface area contributed by atoms with Gasteiger partial charge in [0.05, 0.1) is 5.92 Å². The topological polar surface area (TPSA) is 87.5 Å². The van der Waals surface area contributed by atoms with Gasteiger partial charge in [0.25, 0.3) is 0 Å². The fraction of sp³-hybridized carbons (Fsp3) is 0.412. The highest BCUT2D eigenvalue weighted by Gasteiger charge is 2.31. The van der Waals surface area contributed by atoms with Gasteiger partial charge in [-0.3, -0.25) is 4.79 Å². The molecular formula is C17H20N2O4S. The summed E-state index contributed by atoms with van der Waals surface area (Å²) in [6.07, 6.45) is 1.57. The normalized spacial score (nSPS) is 18.2. The molecule has 0 saturated carbocycles. The zero-order chi connectivity index (χ0) is 17.6. The number of hydrogen-bond donors (Lipinski definition) is 0. The lowest BCUT2D eigenvalue weighted by atomic mass is 9.98. The van der Waals surface area contributed by atoms with Crippen molar-refractivity contribution in [1.82, 2.24) is 4.31 Å². The van der Waals surface area contributed by atoms with Crippen LogP contribution >= 0.6 is 0 Å². The van der Waals surface area contributed by atoms with Gasteiger partial charge in [-0.15, -0.1) is 0 Å². The Labute approximate surface area is 142 Å². The molecule has 2 rings (SSSR count). The maximum atomic E-state index is 12.3. The SMILES string of the molecule is C[C@H](C#N)OC(=O)C1CCN(S(=O)(=O)/C=C/c2ccccc2)CC1. The molecule has 0 N–H and O–H groups in total. The Kier molecular flexibility index (Phi) is 6.12. The summed E-state index contributed by atoms with van der Waals surface area (Å²) in [6.45, 7) is 2.04. The lowest BCUT2D eigenvalue weighted by molar-refractivity contribution is -0.152. The van der Waals surface area contributed by atoms with Gasteiger partial charge in [-0.25, -0.2) is 8.42 Å². The Morgan fingerprint density at radius 2 is 1.96 bits per heavy atom. The number of nitrogens with zero attached hydrogens (tertiary/aromatic N) is 2. The minimum absolute atomic E-state index is 0.266. The highest BCUT2D eigenvalue weighted by atomic mass is 32.2. The Morgan fingerprint density at radius 3 is 2.54 bits per heavy atom. The molecule has 0 radical (unpaired) electrons. The zero-order valence-corrected chi connectivity index (χ0v) is 14.3. The van der Waals surface area contributed by atoms with Crippen LogP contribution in [0.1, 0.15) is 25.3 Å². The summed E-state index contributed by atoms with van der Waals surface area (Å²) in [7, 11) is -3.51. The molecule has 1 atom stereocenters. The molecule has 0 bridgehead atoms. The summed E-state index contributed by atoms with van der Waals surface area (Å²) in [5.41, 5.74) is 0.810. The molecule has 1 heterocycles. The third kappa shape index (κ3) is 4.91. The van der Waals surface area contributed by atoms with E-state index in [9.17, 15) is 13.2 Å². The van der Waals surface area contributed by atoms with Gasteiger partial charge in [-0.05, 0) is 31.4 Å². The van der Waals surface area contributed by atoms with Crippen LogP contribution in [0.4, 0.5) is 0 Å². The van der Waals surface area contributed by atoms with Gasteiger partial charge in [0.2, 0.25) is 10.0 Å². The first kappa shape index (κ1) is 18.2. The largest absolute Gasteiger partial charge is 0.447 e. The van der Waals surface area contributed by atoms with Crippen molar-refractivity contribution in [1.29, 1.82) is 5.26 Å². The van der Waals surface area contributed by atoms with Crippen LogP contribution < -0.4 is 0 Å². The van der Waals surface area contributed by atoms with Crippen LogP contribution in [0.15, 0.2) is 35.7 Å². The predicted molar refractivity (Wildman–Crippen MR) is 89.9 cm³/mol. The minimum Gasteiger partial charge on any atom is -0.447 e. The summed E-state index contributed by atoms with van der Waals surface area (Å²) in [4.78, 5) is 11.9. The molecule has 1 saturated heterocycles. The fourth-order valence-corrected chi connectivity index (χ4v) is 3.68. The standard InChI is InChI=1S/C17H20N2O4S/c1-14(13-18)23-17(20)16-7-10-19(11-8-16)24(21,22)12-9-15-5-3-2-4-6-15/h2-6,9,12,14,16H,7-8,10-11H2,1H3/b12-9+/t14-/m1/s1. The number of nitriles is 1. The zero-order valence-electron chi connectivity index (χ0n) is 13.5. The fourth-order valence-electron chi connectivity index (χ4n) is 2.46. The van der Waals surface area contributed by atoms with Crippen molar-refractivity contribution in [3.05, 3.63) is 41.3 Å². The number of carbonyl (C=O) groups excluding carboxylic acids is 1. The molecule has 0 amide bonds. The number of rotatable bonds is 5. The average molecular weight is 348 g/mol. The van der Waals surface area contributed by atoms with Gasteiger partial charge in [0.15, 0.2) is 6.10 Å². The third-order valence-electron chi connectivity index (χ3n) is 3.85. The van der Waals surface area contributed by atoms with Crippen LogP contribution in [-0.2, 0) is 19.6 Å². The van der Waals surface area contributed by atoms with E-state index in [2.05, 4.69) is 0 Å². The van der Waals surface area contributed by atoms with Crippen LogP contribution in [-0.4, -0.2) is 37.9 Å². The van der Waals surface area contributed by atoms with E-state index >= 15 is 0 Å².